The molecule has 1 fully saturated rings. The Kier molecular flexibility index (Phi) is 7.16. The molecule has 1 heterocycles. The number of nitrogens with one attached hydrogen (secondary N) is 1. The molecule has 1 unspecified atom stereocenters. The van der Waals surface area contributed by atoms with Gasteiger partial charge in [0.05, 0.1) is 6.61 Å². The quantitative estimate of drug-likeness (QED) is 0.799. The minimum atomic E-state index is -3.46. The standard InChI is InChI=1S/C18H26N2O4S/c1-15(14-24-2)19-18(21)17-8-11-20(12-9-17)25(22,23)13-10-16-6-4-3-5-7-16/h3-7,10,13,15,17H,8-9,11-12,14H2,1-2H3,(H,19,21). The molecular weight excluding hydrogens is 340 g/mol. The molecule has 0 spiro atoms. The minimum absolute atomic E-state index is 0.0265. The third-order valence-electron chi connectivity index (χ3n) is 4.22. The maximum atomic E-state index is 12.4. The summed E-state index contributed by atoms with van der Waals surface area (Å²) >= 11 is 0. The van der Waals surface area contributed by atoms with Gasteiger partial charge in [-0.15, -0.1) is 0 Å². The third-order valence-corrected chi connectivity index (χ3v) is 5.79. The topological polar surface area (TPSA) is 75.7 Å². The van der Waals surface area contributed by atoms with Crippen LogP contribution >= 0.6 is 0 Å². The van der Waals surface area contributed by atoms with Crippen LogP contribution in [-0.4, -0.2) is 51.5 Å². The van der Waals surface area contributed by atoms with Crippen molar-refractivity contribution in [3.63, 3.8) is 0 Å². The summed E-state index contributed by atoms with van der Waals surface area (Å²) in [6.45, 7) is 3.06. The first-order valence-corrected chi connectivity index (χ1v) is 9.95. The molecule has 0 aliphatic carbocycles. The zero-order chi connectivity index (χ0) is 18.3. The number of amides is 1. The molecule has 138 valence electrons. The summed E-state index contributed by atoms with van der Waals surface area (Å²) in [5.74, 6) is -0.176. The SMILES string of the molecule is COCC(C)NC(=O)C1CCN(S(=O)(=O)C=Cc2ccccc2)CC1. The van der Waals surface area contributed by atoms with Gasteiger partial charge in [-0.25, -0.2) is 8.42 Å². The Hall–Kier alpha value is -1.70. The number of sulfonamides is 1. The van der Waals surface area contributed by atoms with Crippen LogP contribution in [0.5, 0.6) is 0 Å². The second kappa shape index (κ2) is 9.12. The summed E-state index contributed by atoms with van der Waals surface area (Å²) in [6.07, 6.45) is 2.66. The predicted molar refractivity (Wildman–Crippen MR) is 98.2 cm³/mol. The highest BCUT2D eigenvalue weighted by Gasteiger charge is 2.30. The van der Waals surface area contributed by atoms with E-state index in [2.05, 4.69) is 5.32 Å². The number of benzene rings is 1. The van der Waals surface area contributed by atoms with Gasteiger partial charge in [0.25, 0.3) is 0 Å². The molecule has 2 rings (SSSR count). The summed E-state index contributed by atoms with van der Waals surface area (Å²) < 4.78 is 31.3. The summed E-state index contributed by atoms with van der Waals surface area (Å²) in [4.78, 5) is 12.2. The fraction of sp³-hybridized carbons (Fsp3) is 0.500. The van der Waals surface area contributed by atoms with Gasteiger partial charge in [-0.1, -0.05) is 30.3 Å². The maximum Gasteiger partial charge on any atom is 0.236 e. The van der Waals surface area contributed by atoms with Gasteiger partial charge in [0, 0.05) is 37.6 Å². The molecular formula is C18H26N2O4S. The van der Waals surface area contributed by atoms with E-state index in [4.69, 9.17) is 4.74 Å². The zero-order valence-corrected chi connectivity index (χ0v) is 15.5. The highest BCUT2D eigenvalue weighted by Crippen LogP contribution is 2.21. The van der Waals surface area contributed by atoms with Crippen molar-refractivity contribution in [3.8, 4) is 0 Å². The number of hydrogen-bond donors (Lipinski definition) is 1. The molecule has 0 radical (unpaired) electrons. The first-order chi connectivity index (χ1) is 11.9. The molecule has 0 saturated carbocycles. The number of carbonyl (C=O) groups is 1. The van der Waals surface area contributed by atoms with E-state index in [0.29, 0.717) is 32.5 Å². The fourth-order valence-corrected chi connectivity index (χ4v) is 4.06. The number of hydrogen-bond acceptors (Lipinski definition) is 4. The molecule has 1 aliphatic heterocycles. The van der Waals surface area contributed by atoms with Gasteiger partial charge in [0.1, 0.15) is 0 Å². The monoisotopic (exact) mass is 366 g/mol. The van der Waals surface area contributed by atoms with Crippen LogP contribution in [-0.2, 0) is 19.6 Å². The summed E-state index contributed by atoms with van der Waals surface area (Å²) in [5, 5.41) is 4.14. The second-order valence-corrected chi connectivity index (χ2v) is 8.12. The van der Waals surface area contributed by atoms with Crippen molar-refractivity contribution in [2.24, 2.45) is 5.92 Å². The van der Waals surface area contributed by atoms with E-state index in [1.54, 1.807) is 13.2 Å². The molecule has 1 atom stereocenters. The molecule has 25 heavy (non-hydrogen) atoms. The molecule has 1 aliphatic rings. The van der Waals surface area contributed by atoms with E-state index in [0.717, 1.165) is 5.56 Å². The van der Waals surface area contributed by atoms with E-state index >= 15 is 0 Å². The highest BCUT2D eigenvalue weighted by atomic mass is 32.2. The van der Waals surface area contributed by atoms with Crippen LogP contribution < -0.4 is 5.32 Å². The Labute approximate surface area is 149 Å². The lowest BCUT2D eigenvalue weighted by Crippen LogP contribution is -2.45. The van der Waals surface area contributed by atoms with Gasteiger partial charge in [-0.05, 0) is 31.4 Å². The Morgan fingerprint density at radius 1 is 1.32 bits per heavy atom. The average Bonchev–Trinajstić information content (AvgIpc) is 2.61. The van der Waals surface area contributed by atoms with Crippen LogP contribution in [0.3, 0.4) is 0 Å². The largest absolute Gasteiger partial charge is 0.383 e. The lowest BCUT2D eigenvalue weighted by Gasteiger charge is -2.30. The number of methoxy groups -OCH3 is 1. The van der Waals surface area contributed by atoms with Crippen LogP contribution in [0.1, 0.15) is 25.3 Å². The van der Waals surface area contributed by atoms with Crippen LogP contribution in [0.15, 0.2) is 35.7 Å². The second-order valence-electron chi connectivity index (χ2n) is 6.30. The van der Waals surface area contributed by atoms with Crippen molar-refractivity contribution in [1.82, 2.24) is 9.62 Å². The maximum absolute atomic E-state index is 12.4. The molecule has 7 heteroatoms. The smallest absolute Gasteiger partial charge is 0.236 e. The van der Waals surface area contributed by atoms with Gasteiger partial charge in [0.2, 0.25) is 15.9 Å². The van der Waals surface area contributed by atoms with Gasteiger partial charge < -0.3 is 10.1 Å². The molecule has 1 amide bonds. The van der Waals surface area contributed by atoms with E-state index in [1.165, 1.54) is 9.71 Å². The lowest BCUT2D eigenvalue weighted by molar-refractivity contribution is -0.127. The summed E-state index contributed by atoms with van der Waals surface area (Å²) in [7, 11) is -1.87. The summed E-state index contributed by atoms with van der Waals surface area (Å²) in [6, 6.07) is 9.26. The number of nitrogens with zero attached hydrogens (tertiary/aromatic N) is 1. The van der Waals surface area contributed by atoms with Crippen molar-refractivity contribution in [2.45, 2.75) is 25.8 Å². The van der Waals surface area contributed by atoms with Crippen molar-refractivity contribution in [3.05, 3.63) is 41.3 Å². The molecule has 1 N–H and O–H groups in total. The van der Waals surface area contributed by atoms with Gasteiger partial charge in [-0.3, -0.25) is 4.79 Å². The number of piperidine rings is 1. The van der Waals surface area contributed by atoms with Crippen molar-refractivity contribution in [1.29, 1.82) is 0 Å². The van der Waals surface area contributed by atoms with E-state index in [9.17, 15) is 13.2 Å². The number of carbonyl (C=O) groups excluding carboxylic acids is 1. The Morgan fingerprint density at radius 3 is 2.56 bits per heavy atom. The van der Waals surface area contributed by atoms with E-state index in [1.807, 2.05) is 37.3 Å². The number of ether oxygens (including phenoxy) is 1. The normalized spacial score (nSPS) is 18.3. The van der Waals surface area contributed by atoms with Crippen molar-refractivity contribution < 1.29 is 17.9 Å². The molecule has 1 aromatic carbocycles. The zero-order valence-electron chi connectivity index (χ0n) is 14.7. The van der Waals surface area contributed by atoms with Crippen molar-refractivity contribution >= 4 is 22.0 Å². The van der Waals surface area contributed by atoms with E-state index < -0.39 is 10.0 Å². The highest BCUT2D eigenvalue weighted by molar-refractivity contribution is 7.92. The molecule has 0 bridgehead atoms. The molecule has 6 nitrogen and oxygen atoms in total. The fourth-order valence-electron chi connectivity index (χ4n) is 2.84. The van der Waals surface area contributed by atoms with Gasteiger partial charge in [0.15, 0.2) is 0 Å². The predicted octanol–water partition coefficient (Wildman–Crippen LogP) is 1.85. The Bertz CT molecular complexity index is 680. The first kappa shape index (κ1) is 19.6. The van der Waals surface area contributed by atoms with Gasteiger partial charge >= 0.3 is 0 Å². The van der Waals surface area contributed by atoms with Crippen molar-refractivity contribution in [2.75, 3.05) is 26.8 Å². The Morgan fingerprint density at radius 2 is 1.96 bits per heavy atom. The summed E-state index contributed by atoms with van der Waals surface area (Å²) in [5.41, 5.74) is 0.840. The van der Waals surface area contributed by atoms with E-state index in [-0.39, 0.29) is 17.9 Å². The van der Waals surface area contributed by atoms with Gasteiger partial charge in [-0.2, -0.15) is 4.31 Å². The van der Waals surface area contributed by atoms with Crippen LogP contribution in [0.4, 0.5) is 0 Å². The lowest BCUT2D eigenvalue weighted by atomic mass is 9.97. The molecule has 1 aromatic rings. The minimum Gasteiger partial charge on any atom is -0.383 e. The van der Waals surface area contributed by atoms with Crippen LogP contribution in [0.25, 0.3) is 6.08 Å². The van der Waals surface area contributed by atoms with Crippen LogP contribution in [0, 0.1) is 5.92 Å². The third kappa shape index (κ3) is 5.95. The molecule has 1 saturated heterocycles. The molecule has 0 aromatic heterocycles. The average molecular weight is 366 g/mol. The number of rotatable bonds is 7. The van der Waals surface area contributed by atoms with Crippen LogP contribution in [0.2, 0.25) is 0 Å². The Balaban J connectivity index is 1.88. The first-order valence-electron chi connectivity index (χ1n) is 8.45.